The van der Waals surface area contributed by atoms with Crippen molar-refractivity contribution in [2.45, 2.75) is 26.5 Å². The third kappa shape index (κ3) is 6.10. The number of ether oxygens (including phenoxy) is 3. The Morgan fingerprint density at radius 2 is 1.81 bits per heavy atom. The van der Waals surface area contributed by atoms with Crippen LogP contribution in [0.4, 0.5) is 0 Å². The molecule has 4 aromatic rings. The third-order valence-corrected chi connectivity index (χ3v) is 7.98. The molecule has 0 N–H and O–H groups in total. The van der Waals surface area contributed by atoms with Crippen LogP contribution in [-0.4, -0.2) is 23.8 Å². The van der Waals surface area contributed by atoms with Crippen molar-refractivity contribution in [3.8, 4) is 11.5 Å². The van der Waals surface area contributed by atoms with Crippen molar-refractivity contribution in [2.24, 2.45) is 4.99 Å². The lowest BCUT2D eigenvalue weighted by molar-refractivity contribution is -0.139. The Labute approximate surface area is 252 Å². The minimum atomic E-state index is -0.720. The van der Waals surface area contributed by atoms with Gasteiger partial charge in [-0.25, -0.2) is 9.79 Å². The lowest BCUT2D eigenvalue weighted by Gasteiger charge is -2.24. The quantitative estimate of drug-likeness (QED) is 0.175. The topological polar surface area (TPSA) is 79.1 Å². The maximum absolute atomic E-state index is 14.0. The molecule has 1 aliphatic heterocycles. The van der Waals surface area contributed by atoms with E-state index in [0.717, 1.165) is 16.7 Å². The molecular formula is C33H29ClN2O5S. The first-order valence-electron chi connectivity index (χ1n) is 13.4. The van der Waals surface area contributed by atoms with Gasteiger partial charge < -0.3 is 14.2 Å². The fourth-order valence-corrected chi connectivity index (χ4v) is 5.88. The molecule has 42 heavy (non-hydrogen) atoms. The summed E-state index contributed by atoms with van der Waals surface area (Å²) >= 11 is 7.57. The van der Waals surface area contributed by atoms with Gasteiger partial charge in [-0.1, -0.05) is 84.1 Å². The fourth-order valence-electron chi connectivity index (χ4n) is 4.65. The highest BCUT2D eigenvalue weighted by atomic mass is 35.5. The number of halogens is 1. The Morgan fingerprint density at radius 1 is 1.07 bits per heavy atom. The molecule has 0 spiro atoms. The molecule has 5 rings (SSSR count). The van der Waals surface area contributed by atoms with Crippen molar-refractivity contribution in [3.05, 3.63) is 138 Å². The lowest BCUT2D eigenvalue weighted by atomic mass is 9.96. The van der Waals surface area contributed by atoms with Crippen LogP contribution in [0.15, 0.2) is 107 Å². The smallest absolute Gasteiger partial charge is 0.338 e. The average Bonchev–Trinajstić information content (AvgIpc) is 3.29. The molecule has 7 nitrogen and oxygen atoms in total. The number of aromatic nitrogens is 1. The van der Waals surface area contributed by atoms with E-state index >= 15 is 0 Å². The van der Waals surface area contributed by atoms with E-state index in [9.17, 15) is 9.59 Å². The van der Waals surface area contributed by atoms with Crippen LogP contribution in [0.1, 0.15) is 36.6 Å². The molecule has 2 heterocycles. The molecule has 0 aliphatic carbocycles. The first-order valence-corrected chi connectivity index (χ1v) is 14.6. The highest BCUT2D eigenvalue weighted by Crippen LogP contribution is 2.32. The Hall–Kier alpha value is -4.40. The number of thiazole rings is 1. The summed E-state index contributed by atoms with van der Waals surface area (Å²) in [4.78, 5) is 32.3. The van der Waals surface area contributed by atoms with Crippen LogP contribution in [0.5, 0.6) is 11.5 Å². The Bertz CT molecular complexity index is 1840. The zero-order valence-corrected chi connectivity index (χ0v) is 24.8. The molecule has 1 atom stereocenters. The number of carbonyl (C=O) groups is 1. The average molecular weight is 601 g/mol. The number of para-hydroxylation sites is 1. The summed E-state index contributed by atoms with van der Waals surface area (Å²) in [5.74, 6) is 0.750. The van der Waals surface area contributed by atoms with Crippen molar-refractivity contribution in [1.29, 1.82) is 0 Å². The molecular weight excluding hydrogens is 572 g/mol. The number of benzene rings is 3. The summed E-state index contributed by atoms with van der Waals surface area (Å²) in [7, 11) is 0. The zero-order chi connectivity index (χ0) is 29.6. The second kappa shape index (κ2) is 13.1. The highest BCUT2D eigenvalue weighted by molar-refractivity contribution is 7.07. The van der Waals surface area contributed by atoms with Crippen molar-refractivity contribution >= 4 is 35.0 Å². The van der Waals surface area contributed by atoms with Gasteiger partial charge in [-0.3, -0.25) is 9.36 Å². The molecule has 0 unspecified atom stereocenters. The van der Waals surface area contributed by atoms with E-state index < -0.39 is 12.0 Å². The fraction of sp³-hybridized carbons (Fsp3) is 0.182. The minimum absolute atomic E-state index is 0.200. The predicted octanol–water partition coefficient (Wildman–Crippen LogP) is 5.60. The van der Waals surface area contributed by atoms with Gasteiger partial charge in [-0.05, 0) is 49.8 Å². The van der Waals surface area contributed by atoms with Crippen molar-refractivity contribution in [1.82, 2.24) is 4.57 Å². The van der Waals surface area contributed by atoms with E-state index in [1.807, 2.05) is 60.7 Å². The third-order valence-electron chi connectivity index (χ3n) is 6.63. The summed E-state index contributed by atoms with van der Waals surface area (Å²) in [5, 5.41) is 0.622. The number of rotatable bonds is 10. The number of nitrogens with zero attached hydrogens (tertiary/aromatic N) is 2. The van der Waals surface area contributed by atoms with Gasteiger partial charge in [0.15, 0.2) is 4.80 Å². The molecule has 9 heteroatoms. The van der Waals surface area contributed by atoms with Gasteiger partial charge in [0, 0.05) is 16.1 Å². The molecule has 0 fully saturated rings. The van der Waals surface area contributed by atoms with E-state index in [0.29, 0.717) is 43.7 Å². The van der Waals surface area contributed by atoms with Crippen LogP contribution in [0.3, 0.4) is 0 Å². The Morgan fingerprint density at radius 3 is 2.55 bits per heavy atom. The number of fused-ring (bicyclic) bond motifs is 1. The monoisotopic (exact) mass is 600 g/mol. The minimum Gasteiger partial charge on any atom is -0.490 e. The summed E-state index contributed by atoms with van der Waals surface area (Å²) < 4.78 is 19.1. The van der Waals surface area contributed by atoms with E-state index in [1.54, 1.807) is 42.7 Å². The van der Waals surface area contributed by atoms with Crippen LogP contribution in [0, 0.1) is 0 Å². The van der Waals surface area contributed by atoms with Crippen LogP contribution in [-0.2, 0) is 16.1 Å². The Balaban J connectivity index is 1.58. The highest BCUT2D eigenvalue weighted by Gasteiger charge is 2.33. The van der Waals surface area contributed by atoms with Crippen LogP contribution in [0.25, 0.3) is 6.08 Å². The summed E-state index contributed by atoms with van der Waals surface area (Å²) in [6.45, 7) is 8.03. The number of carbonyl (C=O) groups excluding carboxylic acids is 1. The maximum Gasteiger partial charge on any atom is 0.338 e. The first kappa shape index (κ1) is 29.1. The Kier molecular flexibility index (Phi) is 9.05. The number of esters is 1. The van der Waals surface area contributed by atoms with Gasteiger partial charge >= 0.3 is 5.97 Å². The van der Waals surface area contributed by atoms with Gasteiger partial charge in [0.25, 0.3) is 5.56 Å². The molecule has 0 saturated heterocycles. The van der Waals surface area contributed by atoms with E-state index in [4.69, 9.17) is 25.8 Å². The summed E-state index contributed by atoms with van der Waals surface area (Å²) in [5.41, 5.74) is 2.87. The predicted molar refractivity (Wildman–Crippen MR) is 165 cm³/mol. The second-order valence-electron chi connectivity index (χ2n) is 9.39. The molecule has 0 amide bonds. The van der Waals surface area contributed by atoms with Gasteiger partial charge in [0.2, 0.25) is 0 Å². The molecule has 0 saturated carbocycles. The molecule has 1 aromatic heterocycles. The van der Waals surface area contributed by atoms with Crippen LogP contribution < -0.4 is 24.4 Å². The maximum atomic E-state index is 14.0. The van der Waals surface area contributed by atoms with Gasteiger partial charge in [0.1, 0.15) is 24.7 Å². The molecule has 214 valence electrons. The first-order chi connectivity index (χ1) is 20.4. The van der Waals surface area contributed by atoms with Crippen molar-refractivity contribution in [2.75, 3.05) is 13.2 Å². The van der Waals surface area contributed by atoms with Gasteiger partial charge in [0.05, 0.1) is 28.5 Å². The summed E-state index contributed by atoms with van der Waals surface area (Å²) in [6, 6.07) is 21.6. The van der Waals surface area contributed by atoms with E-state index in [1.165, 1.54) is 11.3 Å². The lowest BCUT2D eigenvalue weighted by Crippen LogP contribution is -2.39. The number of allylic oxidation sites excluding steroid dienone is 1. The van der Waals surface area contributed by atoms with Crippen LogP contribution in [0.2, 0.25) is 5.02 Å². The molecule has 3 aromatic carbocycles. The van der Waals surface area contributed by atoms with Crippen molar-refractivity contribution < 1.29 is 19.0 Å². The molecule has 0 radical (unpaired) electrons. The molecule has 1 aliphatic rings. The van der Waals surface area contributed by atoms with Crippen LogP contribution >= 0.6 is 22.9 Å². The largest absolute Gasteiger partial charge is 0.490 e. The summed E-state index contributed by atoms with van der Waals surface area (Å²) in [6.07, 6.45) is 3.45. The molecule has 0 bridgehead atoms. The normalized spacial score (nSPS) is 14.6. The van der Waals surface area contributed by atoms with Gasteiger partial charge in [-0.15, -0.1) is 0 Å². The number of hydrogen-bond donors (Lipinski definition) is 0. The number of hydrogen-bond acceptors (Lipinski definition) is 7. The SMILES string of the molecule is C=CCOc1ccc([C@H]2C(C(=O)OCC)=C(C)N=c3s/c(=C/c4ccccc4OCc4ccccc4Cl)c(=O)n32)cc1. The zero-order valence-electron chi connectivity index (χ0n) is 23.2. The second-order valence-corrected chi connectivity index (χ2v) is 10.8. The van der Waals surface area contributed by atoms with Gasteiger partial charge in [-0.2, -0.15) is 0 Å². The van der Waals surface area contributed by atoms with E-state index in [-0.39, 0.29) is 18.8 Å². The standard InChI is InChI=1S/C33H29ClN2O5S/c1-4-18-40-25-16-14-22(15-17-25)30-29(32(38)39-5-2)21(3)35-33-36(30)31(37)28(42-33)19-23-10-7-9-13-27(23)41-20-24-11-6-8-12-26(24)34/h4,6-17,19,30H,1,5,18,20H2,2-3H3/b28-19+/t30-/m0/s1. The van der Waals surface area contributed by atoms with E-state index in [2.05, 4.69) is 11.6 Å². The van der Waals surface area contributed by atoms with Crippen molar-refractivity contribution in [3.63, 3.8) is 0 Å².